The van der Waals surface area contributed by atoms with E-state index in [-0.39, 0.29) is 4.90 Å². The quantitative estimate of drug-likeness (QED) is 0.541. The number of carbonyl (C=O) groups excluding carboxylic acids is 1. The van der Waals surface area contributed by atoms with Crippen LogP contribution >= 0.6 is 0 Å². The second-order valence-electron chi connectivity index (χ2n) is 6.62. The number of anilines is 1. The Kier molecular flexibility index (Phi) is 6.35. The number of carboxylic acids is 1. The van der Waals surface area contributed by atoms with Crippen LogP contribution in [-0.2, 0) is 21.2 Å². The highest BCUT2D eigenvalue weighted by atomic mass is 32.2. The van der Waals surface area contributed by atoms with Crippen LogP contribution in [0.5, 0.6) is 0 Å². The maximum atomic E-state index is 12.7. The van der Waals surface area contributed by atoms with Gasteiger partial charge in [0.25, 0.3) is 15.9 Å². The Morgan fingerprint density at radius 3 is 2.47 bits per heavy atom. The lowest BCUT2D eigenvalue weighted by Crippen LogP contribution is -2.30. The van der Waals surface area contributed by atoms with Crippen molar-refractivity contribution >= 4 is 38.5 Å². The molecule has 168 valence electrons. The first-order valence-electron chi connectivity index (χ1n) is 9.07. The molecular formula is C20H16F3N3O5S. The number of alkyl halides is 3. The monoisotopic (exact) mass is 467 g/mol. The third kappa shape index (κ3) is 5.14. The zero-order valence-corrected chi connectivity index (χ0v) is 17.0. The molecule has 0 bridgehead atoms. The number of sulfonamides is 1. The lowest BCUT2D eigenvalue weighted by Gasteiger charge is -2.10. The van der Waals surface area contributed by atoms with Crippen LogP contribution in [0.1, 0.15) is 15.9 Å². The van der Waals surface area contributed by atoms with Crippen LogP contribution in [0, 0.1) is 0 Å². The summed E-state index contributed by atoms with van der Waals surface area (Å²) in [6.07, 6.45) is -2.74. The van der Waals surface area contributed by atoms with Crippen LogP contribution in [0.25, 0.3) is 10.9 Å². The smallest absolute Gasteiger partial charge is 0.475 e. The van der Waals surface area contributed by atoms with Crippen molar-refractivity contribution in [2.75, 3.05) is 11.9 Å². The Morgan fingerprint density at radius 1 is 1.09 bits per heavy atom. The molecule has 0 radical (unpaired) electrons. The molecule has 4 rings (SSSR count). The van der Waals surface area contributed by atoms with Gasteiger partial charge < -0.3 is 10.4 Å². The molecule has 0 saturated heterocycles. The minimum absolute atomic E-state index is 0.0122. The van der Waals surface area contributed by atoms with Crippen LogP contribution in [0.4, 0.5) is 18.9 Å². The van der Waals surface area contributed by atoms with Crippen LogP contribution in [0.2, 0.25) is 0 Å². The number of nitrogens with zero attached hydrogens (tertiary/aromatic N) is 1. The fourth-order valence-electron chi connectivity index (χ4n) is 2.98. The maximum absolute atomic E-state index is 12.7. The number of amides is 1. The molecule has 8 nitrogen and oxygen atoms in total. The predicted molar refractivity (Wildman–Crippen MR) is 109 cm³/mol. The number of benzene rings is 2. The molecule has 3 N–H and O–H groups in total. The average Bonchev–Trinajstić information content (AvgIpc) is 3.20. The molecule has 1 amide bonds. The molecule has 0 spiro atoms. The van der Waals surface area contributed by atoms with Gasteiger partial charge in [-0.2, -0.15) is 13.2 Å². The molecule has 1 aliphatic rings. The Balaban J connectivity index is 0.000000360. The first-order valence-corrected chi connectivity index (χ1v) is 10.5. The number of carbonyl (C=O) groups is 2. The van der Waals surface area contributed by atoms with Crippen molar-refractivity contribution in [1.29, 1.82) is 0 Å². The molecule has 0 unspecified atom stereocenters. The lowest BCUT2D eigenvalue weighted by atomic mass is 10.1. The normalized spacial score (nSPS) is 12.8. The highest BCUT2D eigenvalue weighted by Crippen LogP contribution is 2.24. The van der Waals surface area contributed by atoms with E-state index in [4.69, 9.17) is 9.90 Å². The molecule has 0 saturated carbocycles. The molecule has 1 aliphatic heterocycles. The topological polar surface area (TPSA) is 125 Å². The number of hydrogen-bond acceptors (Lipinski definition) is 6. The molecule has 3 aromatic rings. The van der Waals surface area contributed by atoms with E-state index in [2.05, 4.69) is 15.0 Å². The number of carboxylic acid groups (broad SMARTS) is 1. The van der Waals surface area contributed by atoms with Crippen molar-refractivity contribution in [3.05, 3.63) is 65.9 Å². The van der Waals surface area contributed by atoms with E-state index in [1.807, 2.05) is 0 Å². The molecule has 12 heteroatoms. The number of pyridine rings is 1. The maximum Gasteiger partial charge on any atom is 0.490 e. The van der Waals surface area contributed by atoms with Gasteiger partial charge in [-0.05, 0) is 42.3 Å². The van der Waals surface area contributed by atoms with Crippen molar-refractivity contribution in [1.82, 2.24) is 9.71 Å². The van der Waals surface area contributed by atoms with Crippen molar-refractivity contribution < 1.29 is 36.3 Å². The Morgan fingerprint density at radius 2 is 1.78 bits per heavy atom. The van der Waals surface area contributed by atoms with Gasteiger partial charge in [0, 0.05) is 29.4 Å². The fraction of sp³-hybridized carbons (Fsp3) is 0.150. The van der Waals surface area contributed by atoms with E-state index >= 15 is 0 Å². The highest BCUT2D eigenvalue weighted by Gasteiger charge is 2.38. The van der Waals surface area contributed by atoms with Gasteiger partial charge in [0.1, 0.15) is 4.90 Å². The average molecular weight is 467 g/mol. The van der Waals surface area contributed by atoms with Gasteiger partial charge in [0.05, 0.1) is 5.52 Å². The molecule has 0 aliphatic carbocycles. The zero-order chi connectivity index (χ0) is 23.5. The zero-order valence-electron chi connectivity index (χ0n) is 16.2. The van der Waals surface area contributed by atoms with E-state index in [9.17, 15) is 26.4 Å². The van der Waals surface area contributed by atoms with Crippen LogP contribution in [0.3, 0.4) is 0 Å². The van der Waals surface area contributed by atoms with E-state index in [1.165, 1.54) is 12.3 Å². The SMILES string of the molecule is O=C(NS(=O)(=O)c1cccc2cccnc12)c1ccc2c(c1)CCN2.O=C(O)C(F)(F)F. The summed E-state index contributed by atoms with van der Waals surface area (Å²) in [5.74, 6) is -3.41. The number of hydrogen-bond donors (Lipinski definition) is 3. The van der Waals surface area contributed by atoms with Gasteiger partial charge in [-0.25, -0.2) is 17.9 Å². The van der Waals surface area contributed by atoms with E-state index in [1.54, 1.807) is 42.5 Å². The molecule has 32 heavy (non-hydrogen) atoms. The Bertz CT molecular complexity index is 1290. The lowest BCUT2D eigenvalue weighted by molar-refractivity contribution is -0.192. The molecule has 0 fully saturated rings. The summed E-state index contributed by atoms with van der Waals surface area (Å²) in [7, 11) is -4.03. The van der Waals surface area contributed by atoms with Crippen molar-refractivity contribution in [3.63, 3.8) is 0 Å². The van der Waals surface area contributed by atoms with Gasteiger partial charge in [-0.15, -0.1) is 0 Å². The van der Waals surface area contributed by atoms with E-state index in [0.29, 0.717) is 16.5 Å². The number of aliphatic carboxylic acids is 1. The second-order valence-corrected chi connectivity index (χ2v) is 8.27. The largest absolute Gasteiger partial charge is 0.490 e. The number of halogens is 3. The minimum Gasteiger partial charge on any atom is -0.475 e. The summed E-state index contributed by atoms with van der Waals surface area (Å²) in [5, 5.41) is 11.0. The standard InChI is InChI=1S/C18H15N3O3S.C2HF3O2/c22-18(14-6-7-15-13(11-14)8-10-19-15)21-25(23,24)16-5-1-3-12-4-2-9-20-17(12)16;3-2(4,5)1(6)7/h1-7,9,11,19H,8,10H2,(H,21,22);(H,6,7). The van der Waals surface area contributed by atoms with Gasteiger partial charge in [-0.1, -0.05) is 18.2 Å². The molecule has 2 heterocycles. The first kappa shape index (κ1) is 23.0. The van der Waals surface area contributed by atoms with Gasteiger partial charge in [-0.3, -0.25) is 9.78 Å². The number of para-hydroxylation sites is 1. The van der Waals surface area contributed by atoms with E-state index in [0.717, 1.165) is 24.2 Å². The van der Waals surface area contributed by atoms with Gasteiger partial charge in [0.15, 0.2) is 0 Å². The Hall–Kier alpha value is -3.67. The van der Waals surface area contributed by atoms with Crippen LogP contribution in [0.15, 0.2) is 59.6 Å². The van der Waals surface area contributed by atoms with Gasteiger partial charge >= 0.3 is 12.1 Å². The van der Waals surface area contributed by atoms with E-state index < -0.39 is 28.1 Å². The minimum atomic E-state index is -5.08. The molecule has 2 aromatic carbocycles. The second kappa shape index (κ2) is 8.83. The van der Waals surface area contributed by atoms with Gasteiger partial charge in [0.2, 0.25) is 0 Å². The molecule has 0 atom stereocenters. The molecule has 1 aromatic heterocycles. The number of fused-ring (bicyclic) bond motifs is 2. The van der Waals surface area contributed by atoms with Crippen molar-refractivity contribution in [3.8, 4) is 0 Å². The number of rotatable bonds is 3. The summed E-state index contributed by atoms with van der Waals surface area (Å²) < 4.78 is 59.2. The summed E-state index contributed by atoms with van der Waals surface area (Å²) >= 11 is 0. The first-order chi connectivity index (χ1) is 15.0. The number of aromatic nitrogens is 1. The summed E-state index contributed by atoms with van der Waals surface area (Å²) in [5.41, 5.74) is 2.65. The summed E-state index contributed by atoms with van der Waals surface area (Å²) in [6.45, 7) is 0.820. The summed E-state index contributed by atoms with van der Waals surface area (Å²) in [4.78, 5) is 25.5. The fourth-order valence-corrected chi connectivity index (χ4v) is 4.13. The van der Waals surface area contributed by atoms with Crippen LogP contribution < -0.4 is 10.0 Å². The third-order valence-electron chi connectivity index (χ3n) is 4.43. The Labute approximate surface area is 180 Å². The third-order valence-corrected chi connectivity index (χ3v) is 5.79. The van der Waals surface area contributed by atoms with Crippen molar-refractivity contribution in [2.24, 2.45) is 0 Å². The van der Waals surface area contributed by atoms with Crippen molar-refractivity contribution in [2.45, 2.75) is 17.5 Å². The summed E-state index contributed by atoms with van der Waals surface area (Å²) in [6, 6.07) is 13.5. The molecular weight excluding hydrogens is 451 g/mol. The predicted octanol–water partition coefficient (Wildman–Crippen LogP) is 2.95. The highest BCUT2D eigenvalue weighted by molar-refractivity contribution is 7.90. The van der Waals surface area contributed by atoms with Crippen LogP contribution in [-0.4, -0.2) is 43.1 Å². The number of nitrogens with one attached hydrogen (secondary N) is 2.